The van der Waals surface area contributed by atoms with Crippen LogP contribution in [0.25, 0.3) is 0 Å². The van der Waals surface area contributed by atoms with Gasteiger partial charge in [0, 0.05) is 12.4 Å². The molecule has 1 heterocycles. The molecule has 1 aromatic heterocycles. The van der Waals surface area contributed by atoms with Crippen molar-refractivity contribution in [2.75, 3.05) is 0 Å². The second-order valence-electron chi connectivity index (χ2n) is 5.29. The third-order valence-corrected chi connectivity index (χ3v) is 3.98. The molecule has 1 saturated carbocycles. The van der Waals surface area contributed by atoms with E-state index in [1.165, 1.54) is 37.7 Å². The minimum Gasteiger partial charge on any atom is -0.392 e. The van der Waals surface area contributed by atoms with Gasteiger partial charge in [-0.05, 0) is 42.4 Å². The van der Waals surface area contributed by atoms with E-state index in [4.69, 9.17) is 0 Å². The molecule has 1 aromatic rings. The van der Waals surface area contributed by atoms with Crippen LogP contribution in [0, 0.1) is 5.41 Å². The van der Waals surface area contributed by atoms with Crippen molar-refractivity contribution in [2.45, 2.75) is 51.6 Å². The fourth-order valence-electron chi connectivity index (χ4n) is 2.68. The predicted octanol–water partition coefficient (Wildman–Crippen LogP) is 2.96. The number of aromatic nitrogens is 1. The Labute approximate surface area is 97.7 Å². The first-order chi connectivity index (χ1) is 7.71. The summed E-state index contributed by atoms with van der Waals surface area (Å²) in [6, 6.07) is 3.99. The van der Waals surface area contributed by atoms with Gasteiger partial charge in [0.15, 0.2) is 0 Å². The van der Waals surface area contributed by atoms with Crippen molar-refractivity contribution >= 4 is 0 Å². The quantitative estimate of drug-likeness (QED) is 0.848. The van der Waals surface area contributed by atoms with Crippen LogP contribution in [0.1, 0.15) is 44.6 Å². The first-order valence-corrected chi connectivity index (χ1v) is 6.28. The Hall–Kier alpha value is -0.890. The zero-order valence-electron chi connectivity index (χ0n) is 10.0. The third kappa shape index (κ3) is 2.62. The number of aliphatic hydroxyl groups excluding tert-OH is 1. The highest BCUT2D eigenvalue weighted by molar-refractivity contribution is 5.11. The Balaban J connectivity index is 1.99. The fraction of sp³-hybridized carbons (Fsp3) is 0.643. The molecule has 1 N–H and O–H groups in total. The maximum absolute atomic E-state index is 10.4. The summed E-state index contributed by atoms with van der Waals surface area (Å²) in [5, 5.41) is 10.4. The summed E-state index contributed by atoms with van der Waals surface area (Å²) >= 11 is 0. The molecule has 16 heavy (non-hydrogen) atoms. The number of nitrogens with zero attached hydrogens (tertiary/aromatic N) is 1. The monoisotopic (exact) mass is 219 g/mol. The van der Waals surface area contributed by atoms with Crippen molar-refractivity contribution in [2.24, 2.45) is 5.41 Å². The molecule has 2 nitrogen and oxygen atoms in total. The molecule has 88 valence electrons. The van der Waals surface area contributed by atoms with E-state index in [0.29, 0.717) is 0 Å². The van der Waals surface area contributed by atoms with Gasteiger partial charge in [0.2, 0.25) is 0 Å². The van der Waals surface area contributed by atoms with Crippen LogP contribution >= 0.6 is 0 Å². The zero-order valence-corrected chi connectivity index (χ0v) is 10.0. The summed E-state index contributed by atoms with van der Waals surface area (Å²) < 4.78 is 0. The van der Waals surface area contributed by atoms with Crippen LogP contribution in [0.5, 0.6) is 0 Å². The summed E-state index contributed by atoms with van der Waals surface area (Å²) in [5.74, 6) is 0. The molecule has 0 saturated heterocycles. The number of rotatable bonds is 3. The zero-order chi connectivity index (χ0) is 11.4. The Kier molecular flexibility index (Phi) is 3.59. The predicted molar refractivity (Wildman–Crippen MR) is 65.1 cm³/mol. The largest absolute Gasteiger partial charge is 0.392 e. The van der Waals surface area contributed by atoms with E-state index < -0.39 is 0 Å². The molecular formula is C14H21NO. The first kappa shape index (κ1) is 11.6. The van der Waals surface area contributed by atoms with Crippen molar-refractivity contribution < 1.29 is 5.11 Å². The lowest BCUT2D eigenvalue weighted by Gasteiger charge is -2.38. The number of aliphatic hydroxyl groups is 1. The van der Waals surface area contributed by atoms with Gasteiger partial charge in [0.25, 0.3) is 0 Å². The van der Waals surface area contributed by atoms with Crippen molar-refractivity contribution in [3.05, 3.63) is 30.1 Å². The molecule has 1 aliphatic carbocycles. The van der Waals surface area contributed by atoms with E-state index in [1.54, 1.807) is 12.4 Å². The van der Waals surface area contributed by atoms with Gasteiger partial charge in [-0.15, -0.1) is 0 Å². The van der Waals surface area contributed by atoms with Gasteiger partial charge in [0.1, 0.15) is 0 Å². The lowest BCUT2D eigenvalue weighted by atomic mass is 9.70. The molecule has 1 unspecified atom stereocenters. The lowest BCUT2D eigenvalue weighted by molar-refractivity contribution is 0.0104. The minimum atomic E-state index is -0.213. The van der Waals surface area contributed by atoms with E-state index in [2.05, 4.69) is 11.9 Å². The SMILES string of the molecule is CC1(C(O)Cc2ccncc2)CCCCC1. The van der Waals surface area contributed by atoms with Gasteiger partial charge < -0.3 is 5.11 Å². The van der Waals surface area contributed by atoms with Crippen molar-refractivity contribution in [1.29, 1.82) is 0 Å². The molecular weight excluding hydrogens is 198 g/mol. The highest BCUT2D eigenvalue weighted by Gasteiger charge is 2.34. The van der Waals surface area contributed by atoms with Crippen molar-refractivity contribution in [1.82, 2.24) is 4.98 Å². The molecule has 2 heteroatoms. The normalized spacial score (nSPS) is 21.6. The van der Waals surface area contributed by atoms with E-state index >= 15 is 0 Å². The van der Waals surface area contributed by atoms with Gasteiger partial charge in [0.05, 0.1) is 6.10 Å². The summed E-state index contributed by atoms with van der Waals surface area (Å²) in [6.45, 7) is 2.23. The second kappa shape index (κ2) is 4.96. The van der Waals surface area contributed by atoms with Crippen LogP contribution in [0.2, 0.25) is 0 Å². The maximum atomic E-state index is 10.4. The van der Waals surface area contributed by atoms with Crippen LogP contribution in [0.3, 0.4) is 0 Å². The second-order valence-corrected chi connectivity index (χ2v) is 5.29. The van der Waals surface area contributed by atoms with Crippen molar-refractivity contribution in [3.63, 3.8) is 0 Å². The smallest absolute Gasteiger partial charge is 0.0634 e. The van der Waals surface area contributed by atoms with E-state index in [-0.39, 0.29) is 11.5 Å². The van der Waals surface area contributed by atoms with Crippen LogP contribution in [-0.4, -0.2) is 16.2 Å². The van der Waals surface area contributed by atoms with Gasteiger partial charge in [-0.2, -0.15) is 0 Å². The summed E-state index contributed by atoms with van der Waals surface area (Å²) in [7, 11) is 0. The molecule has 1 atom stereocenters. The van der Waals surface area contributed by atoms with Crippen LogP contribution in [0.4, 0.5) is 0 Å². The van der Waals surface area contributed by atoms with Crippen molar-refractivity contribution in [3.8, 4) is 0 Å². The molecule has 2 rings (SSSR count). The third-order valence-electron chi connectivity index (χ3n) is 3.98. The van der Waals surface area contributed by atoms with Gasteiger partial charge >= 0.3 is 0 Å². The standard InChI is InChI=1S/C14H21NO/c1-14(7-3-2-4-8-14)13(16)11-12-5-9-15-10-6-12/h5-6,9-10,13,16H,2-4,7-8,11H2,1H3. The fourth-order valence-corrected chi connectivity index (χ4v) is 2.68. The Morgan fingerprint density at radius 3 is 2.50 bits per heavy atom. The molecule has 0 bridgehead atoms. The van der Waals surface area contributed by atoms with E-state index in [9.17, 15) is 5.11 Å². The maximum Gasteiger partial charge on any atom is 0.0634 e. The molecule has 0 amide bonds. The molecule has 0 radical (unpaired) electrons. The Bertz CT molecular complexity index is 317. The first-order valence-electron chi connectivity index (χ1n) is 6.28. The number of hydrogen-bond acceptors (Lipinski definition) is 2. The van der Waals surface area contributed by atoms with Crippen LogP contribution in [0.15, 0.2) is 24.5 Å². The van der Waals surface area contributed by atoms with Crippen LogP contribution < -0.4 is 0 Å². The van der Waals surface area contributed by atoms with Gasteiger partial charge in [-0.3, -0.25) is 4.98 Å². The average Bonchev–Trinajstić information content (AvgIpc) is 2.31. The van der Waals surface area contributed by atoms with E-state index in [0.717, 1.165) is 6.42 Å². The molecule has 0 aromatic carbocycles. The summed E-state index contributed by atoms with van der Waals surface area (Å²) in [6.07, 6.45) is 10.3. The number of hydrogen-bond donors (Lipinski definition) is 1. The average molecular weight is 219 g/mol. The van der Waals surface area contributed by atoms with Gasteiger partial charge in [-0.25, -0.2) is 0 Å². The van der Waals surface area contributed by atoms with Gasteiger partial charge in [-0.1, -0.05) is 26.2 Å². The topological polar surface area (TPSA) is 33.1 Å². The highest BCUT2D eigenvalue weighted by atomic mass is 16.3. The molecule has 1 fully saturated rings. The van der Waals surface area contributed by atoms with Crippen LogP contribution in [-0.2, 0) is 6.42 Å². The van der Waals surface area contributed by atoms with E-state index in [1.807, 2.05) is 12.1 Å². The number of pyridine rings is 1. The Morgan fingerprint density at radius 2 is 1.88 bits per heavy atom. The summed E-state index contributed by atoms with van der Waals surface area (Å²) in [5.41, 5.74) is 1.32. The summed E-state index contributed by atoms with van der Waals surface area (Å²) in [4.78, 5) is 4.00. The minimum absolute atomic E-state index is 0.127. The lowest BCUT2D eigenvalue weighted by Crippen LogP contribution is -2.35. The molecule has 0 spiro atoms. The Morgan fingerprint density at radius 1 is 1.25 bits per heavy atom. The highest BCUT2D eigenvalue weighted by Crippen LogP contribution is 2.39. The molecule has 0 aliphatic heterocycles. The molecule has 1 aliphatic rings.